The molecule has 236 valence electrons. The smallest absolute Gasteiger partial charge is 0.329 e. The summed E-state index contributed by atoms with van der Waals surface area (Å²) in [6.07, 6.45) is 12.2. The molecular weight excluding hydrogens is 548 g/mol. The first-order valence-corrected chi connectivity index (χ1v) is 18.5. The van der Waals surface area contributed by atoms with Gasteiger partial charge >= 0.3 is 5.97 Å². The zero-order chi connectivity index (χ0) is 31.3. The lowest BCUT2D eigenvalue weighted by Crippen LogP contribution is -2.47. The SMILES string of the molecule is CCCCCC[C@H](CCCCC[C@@H](O[Si](C)(C)C(C)(C)C)C(N)=O)OC(=O)[C@@H]1CC=CN1C(=O)c1ccccc1OC. The van der Waals surface area contributed by atoms with Crippen LogP contribution in [0.15, 0.2) is 36.5 Å². The number of unbranched alkanes of at least 4 members (excludes halogenated alkanes) is 5. The van der Waals surface area contributed by atoms with E-state index in [1.54, 1.807) is 30.5 Å². The van der Waals surface area contributed by atoms with Crippen molar-refractivity contribution < 1.29 is 28.3 Å². The maximum atomic E-state index is 13.4. The maximum Gasteiger partial charge on any atom is 0.329 e. The second kappa shape index (κ2) is 16.8. The maximum absolute atomic E-state index is 13.4. The Bertz CT molecular complexity index is 1050. The molecular formula is C33H54N2O6Si. The van der Waals surface area contributed by atoms with E-state index in [-0.39, 0.29) is 23.0 Å². The van der Waals surface area contributed by atoms with E-state index in [4.69, 9.17) is 19.6 Å². The average molecular weight is 603 g/mol. The average Bonchev–Trinajstić information content (AvgIpc) is 3.43. The number of para-hydroxylation sites is 1. The molecule has 0 spiro atoms. The number of ether oxygens (including phenoxy) is 2. The lowest BCUT2D eigenvalue weighted by Gasteiger charge is -2.38. The van der Waals surface area contributed by atoms with Gasteiger partial charge < -0.3 is 24.5 Å². The molecule has 1 aromatic rings. The van der Waals surface area contributed by atoms with Crippen LogP contribution in [-0.4, -0.2) is 56.4 Å². The van der Waals surface area contributed by atoms with Crippen molar-refractivity contribution in [2.45, 2.75) is 135 Å². The first-order chi connectivity index (χ1) is 19.8. The molecule has 0 saturated carbocycles. The summed E-state index contributed by atoms with van der Waals surface area (Å²) < 4.78 is 17.7. The molecule has 0 fully saturated rings. The Morgan fingerprint density at radius 2 is 1.62 bits per heavy atom. The standard InChI is InChI=1S/C33H54N2O6Si/c1-8-9-10-12-18-25(19-13-11-14-23-29(30(34)36)41-42(6,7)33(2,3)4)40-32(38)27-21-17-24-35(27)31(37)26-20-15-16-22-28(26)39-5/h15-17,20,22,24-25,27,29H,8-14,18-19,21,23H2,1-7H3,(H2,34,36)/t25-,27+,29-/m1/s1. The summed E-state index contributed by atoms with van der Waals surface area (Å²) in [4.78, 5) is 40.2. The fourth-order valence-corrected chi connectivity index (χ4v) is 6.17. The van der Waals surface area contributed by atoms with Gasteiger partial charge in [0, 0.05) is 6.20 Å². The lowest BCUT2D eigenvalue weighted by atomic mass is 10.0. The highest BCUT2D eigenvalue weighted by molar-refractivity contribution is 6.74. The monoisotopic (exact) mass is 602 g/mol. The Labute approximate surface area is 254 Å². The number of nitrogens with zero attached hydrogens (tertiary/aromatic N) is 1. The predicted octanol–water partition coefficient (Wildman–Crippen LogP) is 7.13. The highest BCUT2D eigenvalue weighted by atomic mass is 28.4. The Hall–Kier alpha value is -2.65. The lowest BCUT2D eigenvalue weighted by molar-refractivity contribution is -0.154. The quantitative estimate of drug-likeness (QED) is 0.109. The molecule has 0 unspecified atom stereocenters. The number of nitrogens with two attached hydrogens (primary N) is 1. The molecule has 1 heterocycles. The molecule has 3 atom stereocenters. The van der Waals surface area contributed by atoms with Crippen molar-refractivity contribution in [1.29, 1.82) is 0 Å². The molecule has 8 nitrogen and oxygen atoms in total. The fraction of sp³-hybridized carbons (Fsp3) is 0.667. The van der Waals surface area contributed by atoms with E-state index < -0.39 is 26.4 Å². The van der Waals surface area contributed by atoms with E-state index in [1.807, 2.05) is 6.08 Å². The van der Waals surface area contributed by atoms with E-state index in [2.05, 4.69) is 40.8 Å². The Balaban J connectivity index is 1.96. The Kier molecular flexibility index (Phi) is 14.3. The molecule has 0 radical (unpaired) electrons. The molecule has 0 saturated heterocycles. The Morgan fingerprint density at radius 3 is 2.21 bits per heavy atom. The van der Waals surface area contributed by atoms with Crippen molar-refractivity contribution in [3.8, 4) is 5.75 Å². The van der Waals surface area contributed by atoms with Gasteiger partial charge in [0.1, 0.15) is 24.0 Å². The third-order valence-electron chi connectivity index (χ3n) is 8.52. The molecule has 2 rings (SSSR count). The van der Waals surface area contributed by atoms with Crippen LogP contribution in [0.5, 0.6) is 5.75 Å². The van der Waals surface area contributed by atoms with Crippen LogP contribution in [0.25, 0.3) is 0 Å². The third kappa shape index (κ3) is 10.6. The van der Waals surface area contributed by atoms with Crippen molar-refractivity contribution in [2.75, 3.05) is 7.11 Å². The zero-order valence-electron chi connectivity index (χ0n) is 26.9. The number of esters is 1. The van der Waals surface area contributed by atoms with Crippen molar-refractivity contribution in [2.24, 2.45) is 5.73 Å². The van der Waals surface area contributed by atoms with E-state index in [9.17, 15) is 14.4 Å². The molecule has 42 heavy (non-hydrogen) atoms. The summed E-state index contributed by atoms with van der Waals surface area (Å²) in [5.74, 6) is -0.594. The highest BCUT2D eigenvalue weighted by Gasteiger charge is 2.40. The summed E-state index contributed by atoms with van der Waals surface area (Å²) >= 11 is 0. The molecule has 1 aromatic carbocycles. The normalized spacial score (nSPS) is 16.7. The first-order valence-electron chi connectivity index (χ1n) is 15.6. The zero-order valence-corrected chi connectivity index (χ0v) is 27.9. The van der Waals surface area contributed by atoms with Gasteiger partial charge in [-0.2, -0.15) is 0 Å². The van der Waals surface area contributed by atoms with Gasteiger partial charge in [0.25, 0.3) is 5.91 Å². The minimum Gasteiger partial charge on any atom is -0.496 e. The summed E-state index contributed by atoms with van der Waals surface area (Å²) in [5.41, 5.74) is 6.10. The number of rotatable bonds is 18. The van der Waals surface area contributed by atoms with Crippen LogP contribution in [0.2, 0.25) is 18.1 Å². The molecule has 0 aliphatic carbocycles. The van der Waals surface area contributed by atoms with Gasteiger partial charge in [-0.1, -0.05) is 78.0 Å². The predicted molar refractivity (Wildman–Crippen MR) is 170 cm³/mol. The first kappa shape index (κ1) is 35.5. The molecule has 2 amide bonds. The largest absolute Gasteiger partial charge is 0.496 e. The van der Waals surface area contributed by atoms with Crippen LogP contribution in [0.3, 0.4) is 0 Å². The van der Waals surface area contributed by atoms with Crippen molar-refractivity contribution in [3.63, 3.8) is 0 Å². The van der Waals surface area contributed by atoms with Crippen molar-refractivity contribution >= 4 is 26.1 Å². The number of methoxy groups -OCH3 is 1. The second-order valence-electron chi connectivity index (χ2n) is 12.9. The van der Waals surface area contributed by atoms with Gasteiger partial charge in [-0.3, -0.25) is 9.59 Å². The number of carbonyl (C=O) groups excluding carboxylic acids is 3. The topological polar surface area (TPSA) is 108 Å². The van der Waals surface area contributed by atoms with Crippen LogP contribution in [0, 0.1) is 0 Å². The van der Waals surface area contributed by atoms with Crippen molar-refractivity contribution in [3.05, 3.63) is 42.1 Å². The second-order valence-corrected chi connectivity index (χ2v) is 17.6. The summed E-state index contributed by atoms with van der Waals surface area (Å²) in [7, 11) is -0.586. The molecule has 0 bridgehead atoms. The summed E-state index contributed by atoms with van der Waals surface area (Å²) in [6.45, 7) is 12.9. The van der Waals surface area contributed by atoms with Gasteiger partial charge in [-0.15, -0.1) is 0 Å². The van der Waals surface area contributed by atoms with Gasteiger partial charge in [0.05, 0.1) is 12.7 Å². The summed E-state index contributed by atoms with van der Waals surface area (Å²) in [5, 5.41) is -0.00221. The molecule has 2 N–H and O–H groups in total. The van der Waals surface area contributed by atoms with Crippen molar-refractivity contribution in [1.82, 2.24) is 4.90 Å². The van der Waals surface area contributed by atoms with Crippen LogP contribution in [0.1, 0.15) is 109 Å². The van der Waals surface area contributed by atoms with E-state index in [1.165, 1.54) is 12.0 Å². The Morgan fingerprint density at radius 1 is 1.00 bits per heavy atom. The number of hydrogen-bond acceptors (Lipinski definition) is 6. The fourth-order valence-electron chi connectivity index (χ4n) is 4.87. The van der Waals surface area contributed by atoms with Gasteiger partial charge in [0.15, 0.2) is 8.32 Å². The van der Waals surface area contributed by atoms with Crippen LogP contribution in [0.4, 0.5) is 0 Å². The minimum absolute atomic E-state index is 0.00221. The van der Waals surface area contributed by atoms with E-state index in [0.29, 0.717) is 24.2 Å². The number of primary amides is 1. The van der Waals surface area contributed by atoms with E-state index in [0.717, 1.165) is 57.8 Å². The highest BCUT2D eigenvalue weighted by Crippen LogP contribution is 2.38. The van der Waals surface area contributed by atoms with Crippen LogP contribution < -0.4 is 10.5 Å². The molecule has 1 aliphatic heterocycles. The van der Waals surface area contributed by atoms with E-state index >= 15 is 0 Å². The number of amides is 2. The molecule has 0 aromatic heterocycles. The summed E-state index contributed by atoms with van der Waals surface area (Å²) in [6, 6.07) is 6.33. The van der Waals surface area contributed by atoms with Gasteiger partial charge in [0.2, 0.25) is 5.91 Å². The van der Waals surface area contributed by atoms with Gasteiger partial charge in [-0.05, 0) is 68.8 Å². The van der Waals surface area contributed by atoms with Gasteiger partial charge in [-0.25, -0.2) is 4.79 Å². The molecule has 1 aliphatic rings. The number of benzene rings is 1. The minimum atomic E-state index is -2.11. The van der Waals surface area contributed by atoms with Crippen LogP contribution >= 0.6 is 0 Å². The molecule has 9 heteroatoms. The van der Waals surface area contributed by atoms with Crippen LogP contribution in [-0.2, 0) is 18.8 Å². The number of hydrogen-bond donors (Lipinski definition) is 1. The number of carbonyl (C=O) groups is 3. The third-order valence-corrected chi connectivity index (χ3v) is 13.0.